The lowest BCUT2D eigenvalue weighted by atomic mass is 10.0. The van der Waals surface area contributed by atoms with Crippen LogP contribution in [0.4, 0.5) is 5.69 Å². The molecule has 1 fully saturated rings. The van der Waals surface area contributed by atoms with Crippen LogP contribution in [0.25, 0.3) is 10.9 Å². The highest BCUT2D eigenvalue weighted by Crippen LogP contribution is 2.37. The van der Waals surface area contributed by atoms with Gasteiger partial charge in [-0.1, -0.05) is 30.3 Å². The highest BCUT2D eigenvalue weighted by molar-refractivity contribution is 6.56. The number of benzene rings is 2. The molecule has 6 heteroatoms. The molecule has 2 aromatic carbocycles. The smallest absolute Gasteiger partial charge is 0.214 e. The number of aromatic nitrogens is 1. The highest BCUT2D eigenvalue weighted by atomic mass is 16.5. The predicted molar refractivity (Wildman–Crippen MR) is 103 cm³/mol. The number of aliphatic imine (C=N–C) groups is 1. The molecule has 1 saturated heterocycles. The van der Waals surface area contributed by atoms with Crippen molar-refractivity contribution in [3.63, 3.8) is 0 Å². The second-order valence-corrected chi connectivity index (χ2v) is 6.82. The average molecular weight is 361 g/mol. The number of rotatable bonds is 3. The van der Waals surface area contributed by atoms with Gasteiger partial charge in [0.15, 0.2) is 0 Å². The first kappa shape index (κ1) is 16.2. The van der Waals surface area contributed by atoms with Gasteiger partial charge in [-0.2, -0.15) is 0 Å². The Morgan fingerprint density at radius 1 is 1.04 bits per heavy atom. The Hall–Kier alpha value is -2.96. The van der Waals surface area contributed by atoms with Crippen molar-refractivity contribution in [2.24, 2.45) is 4.99 Å². The first-order valence-electron chi connectivity index (χ1n) is 9.07. The molecule has 0 spiro atoms. The Morgan fingerprint density at radius 2 is 1.78 bits per heavy atom. The van der Waals surface area contributed by atoms with Gasteiger partial charge in [0.1, 0.15) is 5.71 Å². The second-order valence-electron chi connectivity index (χ2n) is 6.82. The van der Waals surface area contributed by atoms with E-state index in [0.717, 1.165) is 24.0 Å². The summed E-state index contributed by atoms with van der Waals surface area (Å²) in [5.41, 5.74) is 2.95. The second kappa shape index (κ2) is 6.33. The van der Waals surface area contributed by atoms with Gasteiger partial charge in [0.25, 0.3) is 0 Å². The maximum atomic E-state index is 12.9. The highest BCUT2D eigenvalue weighted by Gasteiger charge is 2.31. The number of Topliss-reactive ketones (excluding diaryl/α,β-unsaturated/α-hetero) is 1. The molecular formula is C21H19N3O3. The number of para-hydroxylation sites is 2. The van der Waals surface area contributed by atoms with Crippen molar-refractivity contribution in [2.75, 3.05) is 26.3 Å². The number of carbonyl (C=O) groups excluding carboxylic acids is 1. The van der Waals surface area contributed by atoms with Crippen LogP contribution in [0.1, 0.15) is 15.9 Å². The number of aromatic hydroxyl groups is 1. The van der Waals surface area contributed by atoms with E-state index in [4.69, 9.17) is 4.74 Å². The van der Waals surface area contributed by atoms with E-state index in [-0.39, 0.29) is 11.7 Å². The summed E-state index contributed by atoms with van der Waals surface area (Å²) in [4.78, 5) is 19.7. The van der Waals surface area contributed by atoms with E-state index in [9.17, 15) is 9.90 Å². The zero-order valence-corrected chi connectivity index (χ0v) is 14.8. The SMILES string of the molecule is O=C1C(c2c(O)n(CN3CCOCC3)c3ccccc23)=Nc2ccccc21. The monoisotopic (exact) mass is 361 g/mol. The van der Waals surface area contributed by atoms with Crippen molar-refractivity contribution < 1.29 is 14.6 Å². The first-order valence-corrected chi connectivity index (χ1v) is 9.07. The van der Waals surface area contributed by atoms with E-state index in [1.807, 2.05) is 47.0 Å². The van der Waals surface area contributed by atoms with Gasteiger partial charge in [0, 0.05) is 24.0 Å². The van der Waals surface area contributed by atoms with Crippen molar-refractivity contribution >= 4 is 28.1 Å². The number of hydrogen-bond acceptors (Lipinski definition) is 5. The minimum Gasteiger partial charge on any atom is -0.494 e. The van der Waals surface area contributed by atoms with E-state index in [2.05, 4.69) is 9.89 Å². The van der Waals surface area contributed by atoms with Gasteiger partial charge in [0.05, 0.1) is 36.6 Å². The van der Waals surface area contributed by atoms with Crippen LogP contribution < -0.4 is 0 Å². The van der Waals surface area contributed by atoms with Crippen molar-refractivity contribution in [3.8, 4) is 5.88 Å². The van der Waals surface area contributed by atoms with Crippen LogP contribution in [0.2, 0.25) is 0 Å². The molecule has 3 heterocycles. The number of carbonyl (C=O) groups is 1. The third-order valence-corrected chi connectivity index (χ3v) is 5.22. The maximum Gasteiger partial charge on any atom is 0.214 e. The molecule has 0 atom stereocenters. The number of morpholine rings is 1. The Bertz CT molecular complexity index is 1080. The minimum absolute atomic E-state index is 0.0857. The third-order valence-electron chi connectivity index (χ3n) is 5.22. The van der Waals surface area contributed by atoms with Crippen molar-refractivity contribution in [3.05, 3.63) is 59.7 Å². The summed E-state index contributed by atoms with van der Waals surface area (Å²) in [6, 6.07) is 15.0. The zero-order valence-electron chi connectivity index (χ0n) is 14.8. The fourth-order valence-corrected chi connectivity index (χ4v) is 3.84. The molecule has 0 radical (unpaired) electrons. The van der Waals surface area contributed by atoms with Crippen molar-refractivity contribution in [2.45, 2.75) is 6.67 Å². The standard InChI is InChI=1S/C21H19N3O3/c25-20-14-5-1-3-7-16(14)22-19(20)18-15-6-2-4-8-17(15)24(21(18)26)13-23-9-11-27-12-10-23/h1-8,26H,9-13H2. The molecule has 0 amide bonds. The summed E-state index contributed by atoms with van der Waals surface area (Å²) in [6.07, 6.45) is 0. The number of fused-ring (bicyclic) bond motifs is 2. The number of ketones is 1. The van der Waals surface area contributed by atoms with Crippen LogP contribution in [0.15, 0.2) is 53.5 Å². The molecule has 2 aliphatic rings. The van der Waals surface area contributed by atoms with Crippen LogP contribution in [0.3, 0.4) is 0 Å². The van der Waals surface area contributed by atoms with Gasteiger partial charge in [-0.25, -0.2) is 4.99 Å². The molecule has 2 aliphatic heterocycles. The van der Waals surface area contributed by atoms with Crippen LogP contribution in [0, 0.1) is 0 Å². The van der Waals surface area contributed by atoms with Crippen LogP contribution >= 0.6 is 0 Å². The summed E-state index contributed by atoms with van der Waals surface area (Å²) in [5.74, 6) is -0.0576. The van der Waals surface area contributed by atoms with Crippen LogP contribution in [-0.4, -0.2) is 52.4 Å². The summed E-state index contributed by atoms with van der Waals surface area (Å²) in [7, 11) is 0. The van der Waals surface area contributed by atoms with Crippen molar-refractivity contribution in [1.82, 2.24) is 9.47 Å². The lowest BCUT2D eigenvalue weighted by Gasteiger charge is -2.27. The molecule has 27 heavy (non-hydrogen) atoms. The average Bonchev–Trinajstić information content (AvgIpc) is 3.18. The number of ether oxygens (including phenoxy) is 1. The molecular weight excluding hydrogens is 342 g/mol. The Morgan fingerprint density at radius 3 is 2.59 bits per heavy atom. The van der Waals surface area contributed by atoms with Gasteiger partial charge in [-0.05, 0) is 18.2 Å². The maximum absolute atomic E-state index is 12.9. The van der Waals surface area contributed by atoms with Gasteiger partial charge >= 0.3 is 0 Å². The van der Waals surface area contributed by atoms with Crippen LogP contribution in [-0.2, 0) is 11.4 Å². The van der Waals surface area contributed by atoms with Gasteiger partial charge in [-0.3, -0.25) is 14.3 Å². The quantitative estimate of drug-likeness (QED) is 0.779. The minimum atomic E-state index is -0.143. The molecule has 6 nitrogen and oxygen atoms in total. The molecule has 0 aliphatic carbocycles. The van der Waals surface area contributed by atoms with E-state index < -0.39 is 0 Å². The van der Waals surface area contributed by atoms with Gasteiger partial charge < -0.3 is 9.84 Å². The van der Waals surface area contributed by atoms with Crippen LogP contribution in [0.5, 0.6) is 5.88 Å². The Labute approximate surface area is 156 Å². The summed E-state index contributed by atoms with van der Waals surface area (Å²) < 4.78 is 7.27. The number of nitrogens with zero attached hydrogens (tertiary/aromatic N) is 3. The molecule has 1 N–H and O–H groups in total. The molecule has 136 valence electrons. The van der Waals surface area contributed by atoms with E-state index in [0.29, 0.717) is 42.4 Å². The number of hydrogen-bond donors (Lipinski definition) is 1. The molecule has 0 bridgehead atoms. The molecule has 0 unspecified atom stereocenters. The summed E-state index contributed by atoms with van der Waals surface area (Å²) >= 11 is 0. The fraction of sp³-hybridized carbons (Fsp3) is 0.238. The lowest BCUT2D eigenvalue weighted by Crippen LogP contribution is -2.37. The van der Waals surface area contributed by atoms with E-state index in [1.54, 1.807) is 6.07 Å². The van der Waals surface area contributed by atoms with Gasteiger partial charge in [-0.15, -0.1) is 0 Å². The van der Waals surface area contributed by atoms with E-state index >= 15 is 0 Å². The van der Waals surface area contributed by atoms with Crippen molar-refractivity contribution in [1.29, 1.82) is 0 Å². The largest absolute Gasteiger partial charge is 0.494 e. The lowest BCUT2D eigenvalue weighted by molar-refractivity contribution is 0.0231. The topological polar surface area (TPSA) is 67.1 Å². The molecule has 1 aromatic heterocycles. The zero-order chi connectivity index (χ0) is 18.4. The third kappa shape index (κ3) is 2.57. The molecule has 0 saturated carbocycles. The van der Waals surface area contributed by atoms with E-state index in [1.165, 1.54) is 0 Å². The first-order chi connectivity index (χ1) is 13.2. The molecule has 5 rings (SSSR count). The summed E-state index contributed by atoms with van der Waals surface area (Å²) in [5, 5.41) is 11.9. The fourth-order valence-electron chi connectivity index (χ4n) is 3.84. The summed E-state index contributed by atoms with van der Waals surface area (Å²) in [6.45, 7) is 3.55. The van der Waals surface area contributed by atoms with Gasteiger partial charge in [0.2, 0.25) is 11.7 Å². The Balaban J connectivity index is 1.64. The Kier molecular flexibility index (Phi) is 3.81. The molecule has 3 aromatic rings. The normalized spacial score (nSPS) is 17.3. The predicted octanol–water partition coefficient (Wildman–Crippen LogP) is 2.95.